The molecule has 1 unspecified atom stereocenters. The molecule has 0 spiro atoms. The Bertz CT molecular complexity index is 448. The van der Waals surface area contributed by atoms with Gasteiger partial charge in [-0.25, -0.2) is 4.98 Å². The van der Waals surface area contributed by atoms with Crippen molar-refractivity contribution in [1.29, 1.82) is 0 Å². The Balaban J connectivity index is 2.05. The van der Waals surface area contributed by atoms with Crippen LogP contribution in [-0.4, -0.2) is 52.9 Å². The molecule has 2 rings (SSSR count). The van der Waals surface area contributed by atoms with Crippen LogP contribution in [-0.2, 0) is 0 Å². The van der Waals surface area contributed by atoms with Crippen molar-refractivity contribution in [2.75, 3.05) is 26.2 Å². The fraction of sp³-hybridized carbons (Fsp3) is 0.571. The number of carbonyl (C=O) groups is 1. The van der Waals surface area contributed by atoms with Crippen molar-refractivity contribution in [2.45, 2.75) is 26.3 Å². The highest BCUT2D eigenvalue weighted by atomic mass is 79.9. The highest BCUT2D eigenvalue weighted by Crippen LogP contribution is 2.21. The molecule has 1 saturated heterocycles. The minimum absolute atomic E-state index is 0.0784. The van der Waals surface area contributed by atoms with Crippen molar-refractivity contribution in [2.24, 2.45) is 0 Å². The van der Waals surface area contributed by atoms with Gasteiger partial charge < -0.3 is 4.90 Å². The van der Waals surface area contributed by atoms with Crippen LogP contribution in [0, 0.1) is 0 Å². The van der Waals surface area contributed by atoms with Gasteiger partial charge in [-0.2, -0.15) is 0 Å². The molecule has 0 aliphatic carbocycles. The predicted molar refractivity (Wildman–Crippen MR) is 79.2 cm³/mol. The number of hydrogen-bond donors (Lipinski definition) is 0. The summed E-state index contributed by atoms with van der Waals surface area (Å²) in [6, 6.07) is 4.12. The summed E-state index contributed by atoms with van der Waals surface area (Å²) >= 11 is 3.35. The van der Waals surface area contributed by atoms with E-state index >= 15 is 0 Å². The third-order valence-corrected chi connectivity index (χ3v) is 4.40. The highest BCUT2D eigenvalue weighted by Gasteiger charge is 2.30. The molecule has 1 amide bonds. The second-order valence-corrected chi connectivity index (χ2v) is 5.51. The number of aromatic nitrogens is 1. The first kappa shape index (κ1) is 14.5. The molecule has 104 valence electrons. The lowest BCUT2D eigenvalue weighted by molar-refractivity contribution is 0.0776. The summed E-state index contributed by atoms with van der Waals surface area (Å²) in [5.41, 5.74) is 0.655. The minimum atomic E-state index is 0.0784. The molecule has 1 aromatic heterocycles. The van der Waals surface area contributed by atoms with Crippen LogP contribution in [0.5, 0.6) is 0 Å². The Kier molecular flexibility index (Phi) is 4.93. The van der Waals surface area contributed by atoms with Crippen LogP contribution in [0.4, 0.5) is 0 Å². The fourth-order valence-corrected chi connectivity index (χ4v) is 3.10. The van der Waals surface area contributed by atoms with E-state index in [9.17, 15) is 4.79 Å². The summed E-state index contributed by atoms with van der Waals surface area (Å²) in [6.07, 6.45) is 2.74. The standard InChI is InChI=1S/C14H20BrN3O/c1-3-17(4-2)11-7-9-18(10-11)14(19)12-6-5-8-16-13(12)15/h5-6,8,11H,3-4,7,9-10H2,1-2H3. The van der Waals surface area contributed by atoms with Crippen molar-refractivity contribution in [3.05, 3.63) is 28.5 Å². The zero-order chi connectivity index (χ0) is 13.8. The topological polar surface area (TPSA) is 36.4 Å². The maximum absolute atomic E-state index is 12.4. The Morgan fingerprint density at radius 1 is 1.53 bits per heavy atom. The van der Waals surface area contributed by atoms with Gasteiger partial charge in [-0.15, -0.1) is 0 Å². The molecular weight excluding hydrogens is 306 g/mol. The predicted octanol–water partition coefficient (Wildman–Crippen LogP) is 2.40. The van der Waals surface area contributed by atoms with Crippen molar-refractivity contribution in [3.63, 3.8) is 0 Å². The van der Waals surface area contributed by atoms with E-state index in [-0.39, 0.29) is 5.91 Å². The van der Waals surface area contributed by atoms with Crippen molar-refractivity contribution < 1.29 is 4.79 Å². The average molecular weight is 326 g/mol. The molecule has 1 aliphatic rings. The molecule has 0 bridgehead atoms. The van der Waals surface area contributed by atoms with Crippen LogP contribution in [0.15, 0.2) is 22.9 Å². The molecule has 1 aromatic rings. The summed E-state index contributed by atoms with van der Waals surface area (Å²) in [7, 11) is 0. The van der Waals surface area contributed by atoms with E-state index in [4.69, 9.17) is 0 Å². The van der Waals surface area contributed by atoms with Crippen LogP contribution in [0.2, 0.25) is 0 Å². The SMILES string of the molecule is CCN(CC)C1CCN(C(=O)c2cccnc2Br)C1. The van der Waals surface area contributed by atoms with E-state index in [2.05, 4.69) is 39.7 Å². The fourth-order valence-electron chi connectivity index (χ4n) is 2.68. The van der Waals surface area contributed by atoms with Gasteiger partial charge in [-0.05, 0) is 47.6 Å². The summed E-state index contributed by atoms with van der Waals surface area (Å²) < 4.78 is 0.631. The molecule has 0 saturated carbocycles. The monoisotopic (exact) mass is 325 g/mol. The summed E-state index contributed by atoms with van der Waals surface area (Å²) in [4.78, 5) is 20.9. The lowest BCUT2D eigenvalue weighted by Gasteiger charge is -2.26. The number of rotatable bonds is 4. The summed E-state index contributed by atoms with van der Waals surface area (Å²) in [5.74, 6) is 0.0784. The Morgan fingerprint density at radius 3 is 2.89 bits per heavy atom. The lowest BCUT2D eigenvalue weighted by Crippen LogP contribution is -2.38. The molecule has 0 radical (unpaired) electrons. The van der Waals surface area contributed by atoms with Crippen LogP contribution in [0.1, 0.15) is 30.6 Å². The van der Waals surface area contributed by atoms with Crippen LogP contribution in [0.25, 0.3) is 0 Å². The highest BCUT2D eigenvalue weighted by molar-refractivity contribution is 9.10. The van der Waals surface area contributed by atoms with Gasteiger partial charge in [-0.3, -0.25) is 9.69 Å². The Labute approximate surface area is 122 Å². The van der Waals surface area contributed by atoms with E-state index < -0.39 is 0 Å². The number of likely N-dealkylation sites (tertiary alicyclic amines) is 1. The molecule has 19 heavy (non-hydrogen) atoms. The molecule has 1 atom stereocenters. The third kappa shape index (κ3) is 3.15. The van der Waals surface area contributed by atoms with Gasteiger partial charge in [0, 0.05) is 25.3 Å². The molecule has 2 heterocycles. The third-order valence-electron chi connectivity index (χ3n) is 3.77. The first-order chi connectivity index (χ1) is 9.17. The van der Waals surface area contributed by atoms with E-state index in [1.807, 2.05) is 11.0 Å². The quantitative estimate of drug-likeness (QED) is 0.797. The molecule has 1 fully saturated rings. The van der Waals surface area contributed by atoms with Gasteiger partial charge in [0.15, 0.2) is 0 Å². The molecule has 0 N–H and O–H groups in total. The van der Waals surface area contributed by atoms with Crippen LogP contribution >= 0.6 is 15.9 Å². The zero-order valence-electron chi connectivity index (χ0n) is 11.5. The number of pyridine rings is 1. The zero-order valence-corrected chi connectivity index (χ0v) is 13.1. The number of likely N-dealkylation sites (N-methyl/N-ethyl adjacent to an activating group) is 1. The van der Waals surface area contributed by atoms with Gasteiger partial charge in [0.05, 0.1) is 5.56 Å². The number of carbonyl (C=O) groups excluding carboxylic acids is 1. The number of hydrogen-bond acceptors (Lipinski definition) is 3. The van der Waals surface area contributed by atoms with Crippen molar-refractivity contribution >= 4 is 21.8 Å². The molecule has 4 nitrogen and oxygen atoms in total. The van der Waals surface area contributed by atoms with E-state index in [1.165, 1.54) is 0 Å². The van der Waals surface area contributed by atoms with Crippen molar-refractivity contribution in [3.8, 4) is 0 Å². The number of nitrogens with zero attached hydrogens (tertiary/aromatic N) is 3. The largest absolute Gasteiger partial charge is 0.337 e. The summed E-state index contributed by atoms with van der Waals surface area (Å²) in [6.45, 7) is 8.08. The second-order valence-electron chi connectivity index (χ2n) is 4.76. The van der Waals surface area contributed by atoms with E-state index in [1.54, 1.807) is 12.3 Å². The first-order valence-corrected chi connectivity index (χ1v) is 7.60. The van der Waals surface area contributed by atoms with Crippen LogP contribution < -0.4 is 0 Å². The maximum Gasteiger partial charge on any atom is 0.256 e. The van der Waals surface area contributed by atoms with Crippen LogP contribution in [0.3, 0.4) is 0 Å². The van der Waals surface area contributed by atoms with Gasteiger partial charge in [0.2, 0.25) is 0 Å². The Morgan fingerprint density at radius 2 is 2.26 bits per heavy atom. The Hall–Kier alpha value is -0.940. The summed E-state index contributed by atoms with van der Waals surface area (Å²) in [5, 5.41) is 0. The normalized spacial score (nSPS) is 19.2. The van der Waals surface area contributed by atoms with Gasteiger partial charge in [0.25, 0.3) is 5.91 Å². The van der Waals surface area contributed by atoms with Crippen molar-refractivity contribution in [1.82, 2.24) is 14.8 Å². The maximum atomic E-state index is 12.4. The lowest BCUT2D eigenvalue weighted by atomic mass is 10.2. The molecular formula is C14H20BrN3O. The van der Waals surface area contributed by atoms with Gasteiger partial charge in [-0.1, -0.05) is 13.8 Å². The number of amides is 1. The molecule has 0 aromatic carbocycles. The van der Waals surface area contributed by atoms with E-state index in [0.29, 0.717) is 16.2 Å². The second kappa shape index (κ2) is 6.48. The van der Waals surface area contributed by atoms with Gasteiger partial charge >= 0.3 is 0 Å². The smallest absolute Gasteiger partial charge is 0.256 e. The van der Waals surface area contributed by atoms with Gasteiger partial charge in [0.1, 0.15) is 4.60 Å². The number of halogens is 1. The average Bonchev–Trinajstić information content (AvgIpc) is 2.90. The molecule has 5 heteroatoms. The minimum Gasteiger partial charge on any atom is -0.337 e. The van der Waals surface area contributed by atoms with E-state index in [0.717, 1.165) is 32.6 Å². The molecule has 1 aliphatic heterocycles. The first-order valence-electron chi connectivity index (χ1n) is 6.81.